The molecule has 0 aliphatic carbocycles. The normalized spacial score (nSPS) is 16.3. The monoisotopic (exact) mass is 321 g/mol. The number of benzene rings is 1. The number of anilines is 1. The molecule has 0 atom stereocenters. The predicted molar refractivity (Wildman–Crippen MR) is 90.5 cm³/mol. The standard InChI is InChI=1S/C17H27N3O3/c1-17(2,3)23-16(21)20-7-5-19(6-8-20)12-13-9-14(18)11-15(10-13)22-4/h9-11H,5-8,12,18H2,1-4H3. The van der Waals surface area contributed by atoms with Crippen molar-refractivity contribution >= 4 is 11.8 Å². The molecule has 23 heavy (non-hydrogen) atoms. The SMILES string of the molecule is COc1cc(N)cc(CN2CCN(C(=O)OC(C)(C)C)CC2)c1. The molecule has 1 fully saturated rings. The van der Waals surface area contributed by atoms with Gasteiger partial charge in [0.05, 0.1) is 7.11 Å². The zero-order valence-electron chi connectivity index (χ0n) is 14.5. The first-order chi connectivity index (χ1) is 10.8. The number of hydrogen-bond acceptors (Lipinski definition) is 5. The maximum atomic E-state index is 12.1. The Morgan fingerprint density at radius 2 is 1.83 bits per heavy atom. The van der Waals surface area contributed by atoms with E-state index in [1.54, 1.807) is 12.0 Å². The molecule has 1 aliphatic heterocycles. The van der Waals surface area contributed by atoms with E-state index in [1.807, 2.05) is 39.0 Å². The molecule has 1 aliphatic rings. The van der Waals surface area contributed by atoms with Crippen LogP contribution in [0.25, 0.3) is 0 Å². The van der Waals surface area contributed by atoms with Crippen molar-refractivity contribution in [2.45, 2.75) is 32.9 Å². The second-order valence-electron chi connectivity index (χ2n) is 6.86. The van der Waals surface area contributed by atoms with E-state index in [1.165, 1.54) is 0 Å². The van der Waals surface area contributed by atoms with E-state index in [0.29, 0.717) is 18.8 Å². The van der Waals surface area contributed by atoms with Gasteiger partial charge >= 0.3 is 6.09 Å². The molecule has 6 heteroatoms. The molecule has 2 rings (SSSR count). The minimum atomic E-state index is -0.452. The first-order valence-corrected chi connectivity index (χ1v) is 7.90. The summed E-state index contributed by atoms with van der Waals surface area (Å²) in [5.41, 5.74) is 7.26. The van der Waals surface area contributed by atoms with Crippen LogP contribution in [0.2, 0.25) is 0 Å². The second-order valence-corrected chi connectivity index (χ2v) is 6.86. The number of hydrogen-bond donors (Lipinski definition) is 1. The highest BCUT2D eigenvalue weighted by molar-refractivity contribution is 5.68. The quantitative estimate of drug-likeness (QED) is 0.866. The third-order valence-corrected chi connectivity index (χ3v) is 3.65. The Labute approximate surface area is 138 Å². The smallest absolute Gasteiger partial charge is 0.410 e. The Balaban J connectivity index is 1.87. The Hall–Kier alpha value is -1.95. The number of nitrogens with two attached hydrogens (primary N) is 1. The predicted octanol–water partition coefficient (Wildman–Crippen LogP) is 2.33. The van der Waals surface area contributed by atoms with Gasteiger partial charge in [0.2, 0.25) is 0 Å². The van der Waals surface area contributed by atoms with Gasteiger partial charge in [0, 0.05) is 44.5 Å². The summed E-state index contributed by atoms with van der Waals surface area (Å²) >= 11 is 0. The van der Waals surface area contributed by atoms with Crippen LogP contribution >= 0.6 is 0 Å². The molecule has 1 aromatic rings. The van der Waals surface area contributed by atoms with E-state index >= 15 is 0 Å². The molecule has 0 unspecified atom stereocenters. The lowest BCUT2D eigenvalue weighted by Crippen LogP contribution is -2.49. The number of rotatable bonds is 3. The Morgan fingerprint density at radius 3 is 2.39 bits per heavy atom. The van der Waals surface area contributed by atoms with Crippen molar-refractivity contribution in [3.8, 4) is 5.75 Å². The summed E-state index contributed by atoms with van der Waals surface area (Å²) in [6, 6.07) is 5.77. The van der Waals surface area contributed by atoms with Crippen molar-refractivity contribution in [1.29, 1.82) is 0 Å². The molecule has 2 N–H and O–H groups in total. The van der Waals surface area contributed by atoms with Gasteiger partial charge in [-0.2, -0.15) is 0 Å². The van der Waals surface area contributed by atoms with Crippen LogP contribution in [0.5, 0.6) is 5.75 Å². The topological polar surface area (TPSA) is 68.0 Å². The first-order valence-electron chi connectivity index (χ1n) is 7.90. The highest BCUT2D eigenvalue weighted by atomic mass is 16.6. The van der Waals surface area contributed by atoms with Crippen molar-refractivity contribution < 1.29 is 14.3 Å². The fraction of sp³-hybridized carbons (Fsp3) is 0.588. The highest BCUT2D eigenvalue weighted by Crippen LogP contribution is 2.20. The van der Waals surface area contributed by atoms with Crippen LogP contribution in [-0.2, 0) is 11.3 Å². The number of piperazine rings is 1. The molecule has 0 aromatic heterocycles. The number of ether oxygens (including phenoxy) is 2. The van der Waals surface area contributed by atoms with Gasteiger partial charge in [0.15, 0.2) is 0 Å². The molecule has 1 amide bonds. The molecule has 6 nitrogen and oxygen atoms in total. The molecule has 128 valence electrons. The van der Waals surface area contributed by atoms with Gasteiger partial charge in [-0.25, -0.2) is 4.79 Å². The molecule has 1 heterocycles. The summed E-state index contributed by atoms with van der Waals surface area (Å²) < 4.78 is 10.7. The van der Waals surface area contributed by atoms with E-state index in [4.69, 9.17) is 15.2 Å². The average molecular weight is 321 g/mol. The number of methoxy groups -OCH3 is 1. The van der Waals surface area contributed by atoms with Crippen molar-refractivity contribution in [3.63, 3.8) is 0 Å². The van der Waals surface area contributed by atoms with Gasteiger partial charge in [-0.05, 0) is 38.5 Å². The summed E-state index contributed by atoms with van der Waals surface area (Å²) in [7, 11) is 1.64. The van der Waals surface area contributed by atoms with Gasteiger partial charge < -0.3 is 20.1 Å². The van der Waals surface area contributed by atoms with Crippen molar-refractivity contribution in [3.05, 3.63) is 23.8 Å². The fourth-order valence-corrected chi connectivity index (χ4v) is 2.57. The van der Waals surface area contributed by atoms with Crippen molar-refractivity contribution in [2.75, 3.05) is 39.0 Å². The third-order valence-electron chi connectivity index (χ3n) is 3.65. The van der Waals surface area contributed by atoms with Crippen LogP contribution in [0, 0.1) is 0 Å². The minimum Gasteiger partial charge on any atom is -0.497 e. The highest BCUT2D eigenvalue weighted by Gasteiger charge is 2.25. The fourth-order valence-electron chi connectivity index (χ4n) is 2.57. The Morgan fingerprint density at radius 1 is 1.17 bits per heavy atom. The number of carbonyl (C=O) groups is 1. The van der Waals surface area contributed by atoms with Crippen LogP contribution in [0.1, 0.15) is 26.3 Å². The van der Waals surface area contributed by atoms with E-state index in [9.17, 15) is 4.79 Å². The van der Waals surface area contributed by atoms with Gasteiger partial charge in [-0.15, -0.1) is 0 Å². The van der Waals surface area contributed by atoms with Gasteiger partial charge in [-0.3, -0.25) is 4.90 Å². The molecule has 0 radical (unpaired) electrons. The number of carbonyl (C=O) groups excluding carboxylic acids is 1. The number of nitrogens with zero attached hydrogens (tertiary/aromatic N) is 2. The molecule has 1 aromatic carbocycles. The van der Waals surface area contributed by atoms with E-state index in [2.05, 4.69) is 4.90 Å². The van der Waals surface area contributed by atoms with Crippen molar-refractivity contribution in [2.24, 2.45) is 0 Å². The number of nitrogen functional groups attached to an aromatic ring is 1. The van der Waals surface area contributed by atoms with E-state index in [-0.39, 0.29) is 6.09 Å². The molecule has 1 saturated heterocycles. The lowest BCUT2D eigenvalue weighted by Gasteiger charge is -2.35. The summed E-state index contributed by atoms with van der Waals surface area (Å²) in [6.45, 7) is 9.43. The molecule has 0 bridgehead atoms. The second kappa shape index (κ2) is 7.08. The van der Waals surface area contributed by atoms with Crippen LogP contribution in [0.4, 0.5) is 10.5 Å². The van der Waals surface area contributed by atoms with Crippen LogP contribution in [-0.4, -0.2) is 54.8 Å². The lowest BCUT2D eigenvalue weighted by molar-refractivity contribution is 0.0139. The maximum absolute atomic E-state index is 12.1. The average Bonchev–Trinajstić information content (AvgIpc) is 2.45. The van der Waals surface area contributed by atoms with Gasteiger partial charge in [0.25, 0.3) is 0 Å². The molecular formula is C17H27N3O3. The lowest BCUT2D eigenvalue weighted by atomic mass is 10.1. The zero-order valence-corrected chi connectivity index (χ0v) is 14.5. The summed E-state index contributed by atoms with van der Waals surface area (Å²) in [6.07, 6.45) is -0.234. The zero-order chi connectivity index (χ0) is 17.0. The first kappa shape index (κ1) is 17.4. The summed E-state index contributed by atoms with van der Waals surface area (Å²) in [5.74, 6) is 0.771. The van der Waals surface area contributed by atoms with Crippen LogP contribution in [0.15, 0.2) is 18.2 Å². The van der Waals surface area contributed by atoms with Crippen molar-refractivity contribution in [1.82, 2.24) is 9.80 Å². The molecular weight excluding hydrogens is 294 g/mol. The van der Waals surface area contributed by atoms with E-state index < -0.39 is 5.60 Å². The van der Waals surface area contributed by atoms with Crippen LogP contribution in [0.3, 0.4) is 0 Å². The summed E-state index contributed by atoms with van der Waals surface area (Å²) in [5, 5.41) is 0. The number of amides is 1. The Bertz CT molecular complexity index is 547. The third kappa shape index (κ3) is 5.32. The summed E-state index contributed by atoms with van der Waals surface area (Å²) in [4.78, 5) is 16.1. The largest absolute Gasteiger partial charge is 0.497 e. The maximum Gasteiger partial charge on any atom is 0.410 e. The van der Waals surface area contributed by atoms with Gasteiger partial charge in [-0.1, -0.05) is 0 Å². The van der Waals surface area contributed by atoms with Gasteiger partial charge in [0.1, 0.15) is 11.4 Å². The molecule has 0 saturated carbocycles. The minimum absolute atomic E-state index is 0.234. The Kier molecular flexibility index (Phi) is 5.36. The molecule has 0 spiro atoms. The van der Waals surface area contributed by atoms with E-state index in [0.717, 1.165) is 30.9 Å². The van der Waals surface area contributed by atoms with Crippen LogP contribution < -0.4 is 10.5 Å².